The molecule has 1 heterocycles. The van der Waals surface area contributed by atoms with Gasteiger partial charge in [0.2, 0.25) is 0 Å². The Bertz CT molecular complexity index is 287. The fourth-order valence-electron chi connectivity index (χ4n) is 0.625. The van der Waals surface area contributed by atoms with Crippen molar-refractivity contribution >= 4 is 9.84 Å². The van der Waals surface area contributed by atoms with E-state index in [1.807, 2.05) is 0 Å². The molecule has 10 heavy (non-hydrogen) atoms. The Kier molecular flexibility index (Phi) is 1.76. The number of aromatic nitrogens is 2. The molecule has 1 rings (SSSR count). The third-order valence-electron chi connectivity index (χ3n) is 0.954. The van der Waals surface area contributed by atoms with Crippen molar-refractivity contribution in [3.63, 3.8) is 0 Å². The van der Waals surface area contributed by atoms with Crippen LogP contribution in [-0.4, -0.2) is 24.6 Å². The number of hydrogen-bond acceptors (Lipinski definition) is 3. The van der Waals surface area contributed by atoms with Crippen LogP contribution in [0.2, 0.25) is 0 Å². The largest absolute Gasteiger partial charge is 0.348 e. The van der Waals surface area contributed by atoms with E-state index in [4.69, 9.17) is 0 Å². The van der Waals surface area contributed by atoms with Gasteiger partial charge in [0.05, 0.1) is 0 Å². The summed E-state index contributed by atoms with van der Waals surface area (Å²) in [7, 11) is -2.94. The molecule has 0 unspecified atom stereocenters. The van der Waals surface area contributed by atoms with Crippen LogP contribution in [0.3, 0.4) is 0 Å². The molecular weight excluding hydrogens is 152 g/mol. The maximum Gasteiger partial charge on any atom is 0.154 e. The maximum atomic E-state index is 10.6. The molecule has 0 aromatic carbocycles. The first-order chi connectivity index (χ1) is 4.58. The molecule has 0 spiro atoms. The SMILES string of the molecule is CS(=O)(=O)Cc1ncc[nH]1. The Morgan fingerprint density at radius 1 is 1.70 bits per heavy atom. The van der Waals surface area contributed by atoms with E-state index in [9.17, 15) is 8.42 Å². The van der Waals surface area contributed by atoms with Crippen molar-refractivity contribution in [3.8, 4) is 0 Å². The molecule has 0 aliphatic rings. The second kappa shape index (κ2) is 2.42. The van der Waals surface area contributed by atoms with Crippen molar-refractivity contribution in [2.45, 2.75) is 5.75 Å². The molecule has 1 N–H and O–H groups in total. The Labute approximate surface area is 59.2 Å². The van der Waals surface area contributed by atoms with Gasteiger partial charge in [-0.1, -0.05) is 0 Å². The van der Waals surface area contributed by atoms with Crippen molar-refractivity contribution in [1.29, 1.82) is 0 Å². The second-order valence-electron chi connectivity index (χ2n) is 2.11. The lowest BCUT2D eigenvalue weighted by molar-refractivity contribution is 0.600. The van der Waals surface area contributed by atoms with Gasteiger partial charge in [0.25, 0.3) is 0 Å². The Morgan fingerprint density at radius 2 is 2.40 bits per heavy atom. The van der Waals surface area contributed by atoms with Gasteiger partial charge in [-0.15, -0.1) is 0 Å². The van der Waals surface area contributed by atoms with Crippen LogP contribution in [0.4, 0.5) is 0 Å². The molecule has 4 nitrogen and oxygen atoms in total. The number of hydrogen-bond donors (Lipinski definition) is 1. The minimum atomic E-state index is -2.94. The maximum absolute atomic E-state index is 10.6. The van der Waals surface area contributed by atoms with Gasteiger partial charge in [-0.2, -0.15) is 0 Å². The zero-order valence-corrected chi connectivity index (χ0v) is 6.35. The van der Waals surface area contributed by atoms with Crippen molar-refractivity contribution in [2.24, 2.45) is 0 Å². The lowest BCUT2D eigenvalue weighted by Gasteiger charge is -1.90. The normalized spacial score (nSPS) is 11.7. The smallest absolute Gasteiger partial charge is 0.154 e. The summed E-state index contributed by atoms with van der Waals surface area (Å²) in [5.74, 6) is 0.475. The molecule has 0 radical (unpaired) electrons. The zero-order chi connectivity index (χ0) is 7.61. The van der Waals surface area contributed by atoms with Crippen LogP contribution in [0.25, 0.3) is 0 Å². The average Bonchev–Trinajstić information content (AvgIpc) is 2.12. The van der Waals surface area contributed by atoms with Crippen molar-refractivity contribution in [2.75, 3.05) is 6.26 Å². The van der Waals surface area contributed by atoms with Crippen LogP contribution in [0.5, 0.6) is 0 Å². The van der Waals surface area contributed by atoms with Gasteiger partial charge in [0, 0.05) is 18.6 Å². The predicted molar refractivity (Wildman–Crippen MR) is 37.1 cm³/mol. The van der Waals surface area contributed by atoms with Crippen LogP contribution < -0.4 is 0 Å². The highest BCUT2D eigenvalue weighted by atomic mass is 32.2. The fourth-order valence-corrected chi connectivity index (χ4v) is 1.28. The molecule has 1 aromatic rings. The van der Waals surface area contributed by atoms with Gasteiger partial charge in [-0.3, -0.25) is 0 Å². The quantitative estimate of drug-likeness (QED) is 0.660. The molecule has 0 amide bonds. The summed E-state index contributed by atoms with van der Waals surface area (Å²) in [6.45, 7) is 0. The minimum absolute atomic E-state index is 0.0139. The monoisotopic (exact) mass is 160 g/mol. The number of sulfone groups is 1. The highest BCUT2D eigenvalue weighted by Gasteiger charge is 2.04. The minimum Gasteiger partial charge on any atom is -0.348 e. The topological polar surface area (TPSA) is 62.8 Å². The molecule has 0 saturated carbocycles. The Morgan fingerprint density at radius 3 is 2.80 bits per heavy atom. The number of imidazole rings is 1. The molecule has 0 atom stereocenters. The van der Waals surface area contributed by atoms with Crippen molar-refractivity contribution < 1.29 is 8.42 Å². The molecule has 0 saturated heterocycles. The standard InChI is InChI=1S/C5H8N2O2S/c1-10(8,9)4-5-6-2-3-7-5/h2-3H,4H2,1H3,(H,6,7). The van der Waals surface area contributed by atoms with E-state index in [0.29, 0.717) is 5.82 Å². The number of nitrogens with one attached hydrogen (secondary N) is 1. The lowest BCUT2D eigenvalue weighted by Crippen LogP contribution is -2.01. The van der Waals surface area contributed by atoms with E-state index in [2.05, 4.69) is 9.97 Å². The lowest BCUT2D eigenvalue weighted by atomic mass is 10.7. The van der Waals surface area contributed by atoms with Crippen LogP contribution in [0, 0.1) is 0 Å². The van der Waals surface area contributed by atoms with E-state index < -0.39 is 9.84 Å². The van der Waals surface area contributed by atoms with Crippen molar-refractivity contribution in [3.05, 3.63) is 18.2 Å². The molecule has 1 aromatic heterocycles. The summed E-state index contributed by atoms with van der Waals surface area (Å²) in [5.41, 5.74) is 0. The average molecular weight is 160 g/mol. The number of aromatic amines is 1. The first-order valence-corrected chi connectivity index (χ1v) is 4.80. The molecule has 56 valence electrons. The zero-order valence-electron chi connectivity index (χ0n) is 5.53. The van der Waals surface area contributed by atoms with Gasteiger partial charge in [-0.25, -0.2) is 13.4 Å². The molecule has 0 aliphatic heterocycles. The molecule has 0 bridgehead atoms. The van der Waals surface area contributed by atoms with E-state index in [1.54, 1.807) is 6.20 Å². The second-order valence-corrected chi connectivity index (χ2v) is 4.25. The van der Waals surface area contributed by atoms with Crippen LogP contribution in [-0.2, 0) is 15.6 Å². The van der Waals surface area contributed by atoms with Crippen LogP contribution >= 0.6 is 0 Å². The molecule has 0 aliphatic carbocycles. The van der Waals surface area contributed by atoms with Crippen LogP contribution in [0.15, 0.2) is 12.4 Å². The highest BCUT2D eigenvalue weighted by Crippen LogP contribution is 1.95. The summed E-state index contributed by atoms with van der Waals surface area (Å²) in [6.07, 6.45) is 4.30. The molecule has 5 heteroatoms. The first-order valence-electron chi connectivity index (χ1n) is 2.74. The third kappa shape index (κ3) is 2.18. The highest BCUT2D eigenvalue weighted by molar-refractivity contribution is 7.89. The van der Waals surface area contributed by atoms with Gasteiger partial charge in [0.1, 0.15) is 11.6 Å². The van der Waals surface area contributed by atoms with Gasteiger partial charge in [-0.05, 0) is 0 Å². The van der Waals surface area contributed by atoms with Crippen molar-refractivity contribution in [1.82, 2.24) is 9.97 Å². The summed E-state index contributed by atoms with van der Waals surface area (Å²) in [5, 5.41) is 0. The van der Waals surface area contributed by atoms with Gasteiger partial charge >= 0.3 is 0 Å². The predicted octanol–water partition coefficient (Wildman–Crippen LogP) is -0.0457. The number of rotatable bonds is 2. The Balaban J connectivity index is 2.75. The summed E-state index contributed by atoms with van der Waals surface area (Å²) < 4.78 is 21.3. The molecular formula is C5H8N2O2S. The summed E-state index contributed by atoms with van der Waals surface area (Å²) in [6, 6.07) is 0. The third-order valence-corrected chi connectivity index (χ3v) is 1.75. The van der Waals surface area contributed by atoms with Gasteiger partial charge in [0.15, 0.2) is 9.84 Å². The number of nitrogens with zero attached hydrogens (tertiary/aromatic N) is 1. The summed E-state index contributed by atoms with van der Waals surface area (Å²) in [4.78, 5) is 6.47. The summed E-state index contributed by atoms with van der Waals surface area (Å²) >= 11 is 0. The Hall–Kier alpha value is -0.840. The molecule has 0 fully saturated rings. The van der Waals surface area contributed by atoms with Gasteiger partial charge < -0.3 is 4.98 Å². The van der Waals surface area contributed by atoms with E-state index >= 15 is 0 Å². The van der Waals surface area contributed by atoms with E-state index in [0.717, 1.165) is 0 Å². The number of H-pyrrole nitrogens is 1. The van der Waals surface area contributed by atoms with Crippen LogP contribution in [0.1, 0.15) is 5.82 Å². The first kappa shape index (κ1) is 7.27. The fraction of sp³-hybridized carbons (Fsp3) is 0.400. The van der Waals surface area contributed by atoms with E-state index in [-0.39, 0.29) is 5.75 Å². The van der Waals surface area contributed by atoms with E-state index in [1.165, 1.54) is 12.5 Å².